The van der Waals surface area contributed by atoms with Gasteiger partial charge in [-0.3, -0.25) is 4.79 Å². The van der Waals surface area contributed by atoms with Crippen molar-refractivity contribution in [1.82, 2.24) is 10.2 Å². The van der Waals surface area contributed by atoms with Gasteiger partial charge in [0.25, 0.3) is 0 Å². The normalized spacial score (nSPS) is 16.7. The predicted molar refractivity (Wildman–Crippen MR) is 64.7 cm³/mol. The Hall–Kier alpha value is -1.36. The first-order valence-electron chi connectivity index (χ1n) is 5.82. The van der Waals surface area contributed by atoms with Crippen LogP contribution in [0.1, 0.15) is 26.7 Å². The van der Waals surface area contributed by atoms with E-state index in [2.05, 4.69) is 10.2 Å². The van der Waals surface area contributed by atoms with Gasteiger partial charge >= 0.3 is 5.97 Å². The van der Waals surface area contributed by atoms with E-state index in [0.29, 0.717) is 12.6 Å². The number of aliphatic carboxylic acids is 1. The molecule has 1 fully saturated rings. The van der Waals surface area contributed by atoms with Gasteiger partial charge in [-0.05, 0) is 33.7 Å². The molecule has 0 unspecified atom stereocenters. The van der Waals surface area contributed by atoms with Crippen LogP contribution in [0.2, 0.25) is 0 Å². The number of nitrogens with one attached hydrogen (secondary N) is 1. The van der Waals surface area contributed by atoms with Gasteiger partial charge in [0.15, 0.2) is 0 Å². The van der Waals surface area contributed by atoms with E-state index in [0.717, 1.165) is 6.54 Å². The summed E-state index contributed by atoms with van der Waals surface area (Å²) in [4.78, 5) is 24.5. The minimum atomic E-state index is -1.05. The van der Waals surface area contributed by atoms with E-state index in [1.54, 1.807) is 0 Å². The van der Waals surface area contributed by atoms with Gasteiger partial charge < -0.3 is 15.3 Å². The molecular weight excluding hydrogens is 220 g/mol. The molecule has 1 aliphatic carbocycles. The van der Waals surface area contributed by atoms with Crippen molar-refractivity contribution in [2.75, 3.05) is 20.1 Å². The van der Waals surface area contributed by atoms with Crippen LogP contribution in [0.25, 0.3) is 0 Å². The van der Waals surface area contributed by atoms with Gasteiger partial charge in [-0.2, -0.15) is 0 Å². The number of carboxylic acid groups (broad SMARTS) is 1. The van der Waals surface area contributed by atoms with Crippen molar-refractivity contribution in [2.24, 2.45) is 0 Å². The number of carboxylic acids is 1. The highest BCUT2D eigenvalue weighted by Gasteiger charge is 2.25. The van der Waals surface area contributed by atoms with E-state index in [1.165, 1.54) is 26.7 Å². The third-order valence-corrected chi connectivity index (χ3v) is 3.14. The molecule has 0 aromatic carbocycles. The van der Waals surface area contributed by atoms with Gasteiger partial charge in [0, 0.05) is 30.3 Å². The summed E-state index contributed by atoms with van der Waals surface area (Å²) in [7, 11) is 2.04. The Bertz CT molecular complexity index is 346. The second kappa shape index (κ2) is 5.82. The van der Waals surface area contributed by atoms with E-state index in [-0.39, 0.29) is 17.1 Å². The molecule has 0 atom stereocenters. The van der Waals surface area contributed by atoms with Crippen molar-refractivity contribution >= 4 is 11.9 Å². The first kappa shape index (κ1) is 13.7. The molecule has 96 valence electrons. The maximum absolute atomic E-state index is 11.6. The monoisotopic (exact) mass is 240 g/mol. The number of nitrogens with zero attached hydrogens (tertiary/aromatic N) is 1. The van der Waals surface area contributed by atoms with Crippen molar-refractivity contribution in [2.45, 2.75) is 32.7 Å². The summed E-state index contributed by atoms with van der Waals surface area (Å²) in [5, 5.41) is 11.5. The zero-order valence-corrected chi connectivity index (χ0v) is 10.6. The molecule has 5 heteroatoms. The summed E-state index contributed by atoms with van der Waals surface area (Å²) in [6, 6.07) is 0.671. The van der Waals surface area contributed by atoms with Crippen LogP contribution in [0.4, 0.5) is 0 Å². The lowest BCUT2D eigenvalue weighted by Gasteiger charge is -2.15. The first-order chi connectivity index (χ1) is 7.93. The number of hydrogen-bond acceptors (Lipinski definition) is 3. The van der Waals surface area contributed by atoms with Gasteiger partial charge in [-0.15, -0.1) is 0 Å². The van der Waals surface area contributed by atoms with Crippen LogP contribution in [0.15, 0.2) is 11.1 Å². The summed E-state index contributed by atoms with van der Waals surface area (Å²) in [6.07, 6.45) is 2.48. The molecule has 0 aromatic rings. The molecule has 2 N–H and O–H groups in total. The van der Waals surface area contributed by atoms with Crippen LogP contribution < -0.4 is 5.32 Å². The minimum Gasteiger partial charge on any atom is -0.478 e. The van der Waals surface area contributed by atoms with Crippen LogP contribution in [-0.4, -0.2) is 48.1 Å². The zero-order chi connectivity index (χ0) is 13.0. The van der Waals surface area contributed by atoms with E-state index >= 15 is 0 Å². The Balaban J connectivity index is 2.33. The van der Waals surface area contributed by atoms with Gasteiger partial charge in [-0.25, -0.2) is 4.79 Å². The number of carbonyl (C=O) groups excluding carboxylic acids is 1. The molecule has 1 aliphatic rings. The van der Waals surface area contributed by atoms with Crippen molar-refractivity contribution in [3.8, 4) is 0 Å². The fourth-order valence-electron chi connectivity index (χ4n) is 1.51. The largest absolute Gasteiger partial charge is 0.478 e. The second-order valence-corrected chi connectivity index (χ2v) is 4.52. The number of carbonyl (C=O) groups is 2. The van der Waals surface area contributed by atoms with E-state index < -0.39 is 5.97 Å². The lowest BCUT2D eigenvalue weighted by molar-refractivity contribution is -0.133. The molecule has 0 saturated heterocycles. The van der Waals surface area contributed by atoms with E-state index in [4.69, 9.17) is 5.11 Å². The Labute approximate surface area is 101 Å². The first-order valence-corrected chi connectivity index (χ1v) is 5.82. The van der Waals surface area contributed by atoms with Crippen molar-refractivity contribution < 1.29 is 14.7 Å². The summed E-state index contributed by atoms with van der Waals surface area (Å²) in [5.74, 6) is -1.35. The summed E-state index contributed by atoms with van der Waals surface area (Å²) >= 11 is 0. The predicted octanol–water partition coefficient (Wildman–Crippen LogP) is 0.618. The van der Waals surface area contributed by atoms with Crippen LogP contribution >= 0.6 is 0 Å². The molecule has 17 heavy (non-hydrogen) atoms. The molecule has 0 radical (unpaired) electrons. The van der Waals surface area contributed by atoms with Crippen LogP contribution in [0.3, 0.4) is 0 Å². The number of amides is 1. The smallest absolute Gasteiger partial charge is 0.331 e. The second-order valence-electron chi connectivity index (χ2n) is 4.52. The lowest BCUT2D eigenvalue weighted by Crippen LogP contribution is -2.34. The summed E-state index contributed by atoms with van der Waals surface area (Å²) < 4.78 is 0. The highest BCUT2D eigenvalue weighted by Crippen LogP contribution is 2.24. The topological polar surface area (TPSA) is 69.6 Å². The zero-order valence-electron chi connectivity index (χ0n) is 10.6. The van der Waals surface area contributed by atoms with Gasteiger partial charge in [0.05, 0.1) is 0 Å². The molecule has 1 amide bonds. The Kier molecular flexibility index (Phi) is 4.69. The fraction of sp³-hybridized carbons (Fsp3) is 0.667. The Morgan fingerprint density at radius 1 is 1.29 bits per heavy atom. The number of rotatable bonds is 6. The Morgan fingerprint density at radius 3 is 2.35 bits per heavy atom. The molecule has 0 bridgehead atoms. The van der Waals surface area contributed by atoms with Crippen LogP contribution in [-0.2, 0) is 9.59 Å². The number of likely N-dealkylation sites (N-methyl/N-ethyl adjacent to an activating group) is 1. The molecule has 1 rings (SSSR count). The molecule has 5 nitrogen and oxygen atoms in total. The van der Waals surface area contributed by atoms with Crippen LogP contribution in [0.5, 0.6) is 0 Å². The van der Waals surface area contributed by atoms with Crippen LogP contribution in [0, 0.1) is 0 Å². The Morgan fingerprint density at radius 2 is 1.88 bits per heavy atom. The maximum Gasteiger partial charge on any atom is 0.331 e. The van der Waals surface area contributed by atoms with Crippen molar-refractivity contribution in [3.05, 3.63) is 11.1 Å². The lowest BCUT2D eigenvalue weighted by atomic mass is 10.1. The highest BCUT2D eigenvalue weighted by molar-refractivity contribution is 6.01. The third-order valence-electron chi connectivity index (χ3n) is 3.14. The molecule has 0 aliphatic heterocycles. The quantitative estimate of drug-likeness (QED) is 0.668. The van der Waals surface area contributed by atoms with E-state index in [1.807, 2.05) is 7.05 Å². The van der Waals surface area contributed by atoms with Gasteiger partial charge in [-0.1, -0.05) is 0 Å². The average molecular weight is 240 g/mol. The molecule has 0 aromatic heterocycles. The van der Waals surface area contributed by atoms with Gasteiger partial charge in [0.1, 0.15) is 0 Å². The third kappa shape index (κ3) is 4.19. The summed E-state index contributed by atoms with van der Waals surface area (Å²) in [6.45, 7) is 4.32. The SMILES string of the molecule is C/C(C(=O)O)=C(\C)C(=O)NCCN(C)C1CC1. The molecule has 1 saturated carbocycles. The van der Waals surface area contributed by atoms with E-state index in [9.17, 15) is 9.59 Å². The van der Waals surface area contributed by atoms with Crippen molar-refractivity contribution in [3.63, 3.8) is 0 Å². The van der Waals surface area contributed by atoms with Crippen molar-refractivity contribution in [1.29, 1.82) is 0 Å². The maximum atomic E-state index is 11.6. The average Bonchev–Trinajstić information content (AvgIpc) is 3.10. The van der Waals surface area contributed by atoms with Gasteiger partial charge in [0.2, 0.25) is 5.91 Å². The molecule has 0 spiro atoms. The number of hydrogen-bond donors (Lipinski definition) is 2. The standard InChI is InChI=1S/C12H20N2O3/c1-8(9(2)12(16)17)11(15)13-6-7-14(3)10-4-5-10/h10H,4-7H2,1-3H3,(H,13,15)(H,16,17)/b9-8-. The molecular formula is C12H20N2O3. The molecule has 0 heterocycles. The minimum absolute atomic E-state index is 0.0954. The summed E-state index contributed by atoms with van der Waals surface area (Å²) in [5.41, 5.74) is 0.365. The highest BCUT2D eigenvalue weighted by atomic mass is 16.4. The fourth-order valence-corrected chi connectivity index (χ4v) is 1.51.